The van der Waals surface area contributed by atoms with E-state index in [4.69, 9.17) is 14.5 Å². The van der Waals surface area contributed by atoms with E-state index in [0.717, 1.165) is 74.9 Å². The second-order valence-corrected chi connectivity index (χ2v) is 10.6. The number of hydrogen-bond donors (Lipinski definition) is 0. The second kappa shape index (κ2) is 9.21. The van der Waals surface area contributed by atoms with Crippen molar-refractivity contribution in [2.24, 2.45) is 0 Å². The first kappa shape index (κ1) is 22.3. The lowest BCUT2D eigenvalue weighted by Crippen LogP contribution is -2.47. The van der Waals surface area contributed by atoms with Crippen LogP contribution in [0.2, 0.25) is 0 Å². The van der Waals surface area contributed by atoms with Gasteiger partial charge in [0.05, 0.1) is 24.6 Å². The maximum atomic E-state index is 6.19. The number of imidazole rings is 1. The number of rotatable bonds is 5. The zero-order valence-corrected chi connectivity index (χ0v) is 21.2. The average molecular weight is 486 g/mol. The molecule has 1 aromatic heterocycles. The molecule has 3 fully saturated rings. The number of ether oxygens (including phenoxy) is 2. The lowest BCUT2D eigenvalue weighted by molar-refractivity contribution is 0.0336. The van der Waals surface area contributed by atoms with Crippen LogP contribution in [-0.2, 0) is 17.9 Å². The molecule has 188 valence electrons. The zero-order valence-electron chi connectivity index (χ0n) is 21.2. The van der Waals surface area contributed by atoms with E-state index in [2.05, 4.69) is 68.7 Å². The second-order valence-electron chi connectivity index (χ2n) is 10.6. The number of fused-ring (bicyclic) bond motifs is 3. The first-order valence-electron chi connectivity index (χ1n) is 13.5. The molecule has 4 aliphatic rings. The number of aromatic nitrogens is 2. The number of hydrogen-bond acceptors (Lipinski definition) is 6. The van der Waals surface area contributed by atoms with Crippen molar-refractivity contribution in [2.75, 3.05) is 57.4 Å². The summed E-state index contributed by atoms with van der Waals surface area (Å²) in [6.45, 7) is 11.7. The van der Waals surface area contributed by atoms with Crippen LogP contribution in [0, 0.1) is 6.92 Å². The molecule has 0 N–H and O–H groups in total. The fourth-order valence-corrected chi connectivity index (χ4v) is 5.93. The fourth-order valence-electron chi connectivity index (χ4n) is 5.93. The molecule has 0 bridgehead atoms. The Labute approximate surface area is 213 Å². The molecule has 7 nitrogen and oxygen atoms in total. The average Bonchev–Trinajstić information content (AvgIpc) is 3.74. The van der Waals surface area contributed by atoms with Crippen LogP contribution in [-0.4, -0.2) is 77.9 Å². The van der Waals surface area contributed by atoms with Crippen LogP contribution in [0.5, 0.6) is 5.75 Å². The van der Waals surface area contributed by atoms with Crippen molar-refractivity contribution in [2.45, 2.75) is 39.0 Å². The molecule has 7 heteroatoms. The number of morpholine rings is 1. The van der Waals surface area contributed by atoms with Gasteiger partial charge in [-0.05, 0) is 55.2 Å². The Morgan fingerprint density at radius 3 is 2.39 bits per heavy atom. The predicted octanol–water partition coefficient (Wildman–Crippen LogP) is 3.86. The van der Waals surface area contributed by atoms with Crippen LogP contribution in [0.3, 0.4) is 0 Å². The summed E-state index contributed by atoms with van der Waals surface area (Å²) in [6, 6.07) is 16.5. The number of benzene rings is 2. The molecule has 0 unspecified atom stereocenters. The number of nitrogens with zero attached hydrogens (tertiary/aromatic N) is 5. The summed E-state index contributed by atoms with van der Waals surface area (Å²) in [5.41, 5.74) is 7.18. The molecule has 36 heavy (non-hydrogen) atoms. The van der Waals surface area contributed by atoms with Crippen molar-refractivity contribution in [1.82, 2.24) is 19.4 Å². The van der Waals surface area contributed by atoms with E-state index in [-0.39, 0.29) is 0 Å². The van der Waals surface area contributed by atoms with Gasteiger partial charge >= 0.3 is 0 Å². The van der Waals surface area contributed by atoms with Crippen LogP contribution in [0.1, 0.15) is 30.1 Å². The van der Waals surface area contributed by atoms with Gasteiger partial charge in [-0.25, -0.2) is 4.98 Å². The Kier molecular flexibility index (Phi) is 5.72. The summed E-state index contributed by atoms with van der Waals surface area (Å²) in [7, 11) is 0. The van der Waals surface area contributed by atoms with Crippen LogP contribution < -0.4 is 9.64 Å². The third-order valence-corrected chi connectivity index (χ3v) is 8.25. The highest BCUT2D eigenvalue weighted by Gasteiger charge is 2.31. The minimum absolute atomic E-state index is 0.506. The maximum absolute atomic E-state index is 6.19. The van der Waals surface area contributed by atoms with Gasteiger partial charge in [0.25, 0.3) is 0 Å². The quantitative estimate of drug-likeness (QED) is 0.547. The van der Waals surface area contributed by atoms with Gasteiger partial charge in [-0.1, -0.05) is 18.2 Å². The molecule has 2 aromatic carbocycles. The third-order valence-electron chi connectivity index (χ3n) is 8.25. The predicted molar refractivity (Wildman–Crippen MR) is 141 cm³/mol. The summed E-state index contributed by atoms with van der Waals surface area (Å²) >= 11 is 0. The summed E-state index contributed by atoms with van der Waals surface area (Å²) in [6.07, 6.45) is 2.80. The van der Waals surface area contributed by atoms with E-state index in [9.17, 15) is 0 Å². The largest absolute Gasteiger partial charge is 0.483 e. The van der Waals surface area contributed by atoms with E-state index < -0.39 is 0 Å². The lowest BCUT2D eigenvalue weighted by Gasteiger charge is -2.36. The maximum Gasteiger partial charge on any atom is 0.152 e. The van der Waals surface area contributed by atoms with Crippen LogP contribution >= 0.6 is 0 Å². The van der Waals surface area contributed by atoms with Crippen molar-refractivity contribution in [3.05, 3.63) is 59.7 Å². The highest BCUT2D eigenvalue weighted by molar-refractivity contribution is 5.70. The van der Waals surface area contributed by atoms with Crippen molar-refractivity contribution >= 4 is 5.69 Å². The zero-order chi connectivity index (χ0) is 24.1. The monoisotopic (exact) mass is 485 g/mol. The van der Waals surface area contributed by atoms with E-state index in [1.54, 1.807) is 0 Å². The summed E-state index contributed by atoms with van der Waals surface area (Å²) < 4.78 is 14.0. The van der Waals surface area contributed by atoms with E-state index in [0.29, 0.717) is 6.61 Å². The molecule has 3 aliphatic heterocycles. The SMILES string of the molecule is Cc1c(CN2CCOCC2)nc2n1-c1ccc(-c3ccc(N4CCN(C5CC5)CC4)cc3)cc1OC2. The van der Waals surface area contributed by atoms with Crippen molar-refractivity contribution in [3.8, 4) is 22.6 Å². The highest BCUT2D eigenvalue weighted by atomic mass is 16.5. The molecule has 2 saturated heterocycles. The minimum atomic E-state index is 0.506. The summed E-state index contributed by atoms with van der Waals surface area (Å²) in [5, 5.41) is 0. The third kappa shape index (κ3) is 4.19. The van der Waals surface area contributed by atoms with Gasteiger partial charge in [-0.2, -0.15) is 0 Å². The molecule has 0 amide bonds. The smallest absolute Gasteiger partial charge is 0.152 e. The Bertz CT molecular complexity index is 1240. The van der Waals surface area contributed by atoms with Gasteiger partial charge in [0, 0.05) is 63.2 Å². The molecule has 3 aromatic rings. The van der Waals surface area contributed by atoms with Gasteiger partial charge in [0.15, 0.2) is 5.82 Å². The first-order chi connectivity index (χ1) is 17.7. The van der Waals surface area contributed by atoms with Gasteiger partial charge in [-0.15, -0.1) is 0 Å². The standard InChI is InChI=1S/C29H35N5O2/c1-21-26(19-31-14-16-35-17-15-31)30-29-20-36-28-18-23(4-9-27(28)34(21)29)22-2-5-24(6-3-22)32-10-12-33(13-11-32)25-7-8-25/h2-6,9,18,25H,7-8,10-17,19-20H2,1H3. The van der Waals surface area contributed by atoms with E-state index >= 15 is 0 Å². The van der Waals surface area contributed by atoms with Gasteiger partial charge in [0.2, 0.25) is 0 Å². The molecule has 1 saturated carbocycles. The van der Waals surface area contributed by atoms with Crippen LogP contribution in [0.4, 0.5) is 5.69 Å². The molecule has 0 atom stereocenters. The Morgan fingerprint density at radius 2 is 1.64 bits per heavy atom. The Balaban J connectivity index is 1.08. The van der Waals surface area contributed by atoms with Crippen molar-refractivity contribution in [3.63, 3.8) is 0 Å². The van der Waals surface area contributed by atoms with Crippen molar-refractivity contribution in [1.29, 1.82) is 0 Å². The molecular weight excluding hydrogens is 450 g/mol. The van der Waals surface area contributed by atoms with Gasteiger partial charge in [-0.3, -0.25) is 14.4 Å². The van der Waals surface area contributed by atoms with E-state index in [1.807, 2.05) is 0 Å². The van der Waals surface area contributed by atoms with Gasteiger partial charge in [0.1, 0.15) is 12.4 Å². The summed E-state index contributed by atoms with van der Waals surface area (Å²) in [5.74, 6) is 1.92. The Hall–Kier alpha value is -2.87. The van der Waals surface area contributed by atoms with Gasteiger partial charge < -0.3 is 14.4 Å². The highest BCUT2D eigenvalue weighted by Crippen LogP contribution is 2.36. The first-order valence-corrected chi connectivity index (χ1v) is 13.5. The normalized spacial score (nSPS) is 20.6. The minimum Gasteiger partial charge on any atom is -0.483 e. The molecule has 0 radical (unpaired) electrons. The number of piperazine rings is 1. The molecule has 0 spiro atoms. The molecular formula is C29H35N5O2. The molecule has 4 heterocycles. The molecule has 7 rings (SSSR count). The summed E-state index contributed by atoms with van der Waals surface area (Å²) in [4.78, 5) is 12.6. The number of anilines is 1. The lowest BCUT2D eigenvalue weighted by atomic mass is 10.0. The topological polar surface area (TPSA) is 46.0 Å². The van der Waals surface area contributed by atoms with E-state index in [1.165, 1.54) is 48.4 Å². The van der Waals surface area contributed by atoms with Crippen LogP contribution in [0.25, 0.3) is 16.8 Å². The molecule has 1 aliphatic carbocycles. The van der Waals surface area contributed by atoms with Crippen LogP contribution in [0.15, 0.2) is 42.5 Å². The Morgan fingerprint density at radius 1 is 0.889 bits per heavy atom. The fraction of sp³-hybridized carbons (Fsp3) is 0.483. The van der Waals surface area contributed by atoms with Crippen molar-refractivity contribution < 1.29 is 9.47 Å².